The second kappa shape index (κ2) is 11.5. The van der Waals surface area contributed by atoms with Gasteiger partial charge >= 0.3 is 0 Å². The molecule has 0 bridgehead atoms. The van der Waals surface area contributed by atoms with Crippen molar-refractivity contribution in [2.75, 3.05) is 6.61 Å². The normalized spacial score (nSPS) is 12.6. The number of hydrogen-bond acceptors (Lipinski definition) is 2. The highest BCUT2D eigenvalue weighted by atomic mass is 16.5. The molecule has 0 saturated heterocycles. The Morgan fingerprint density at radius 2 is 1.45 bits per heavy atom. The van der Waals surface area contributed by atoms with Crippen LogP contribution in [0, 0.1) is 0 Å². The van der Waals surface area contributed by atoms with Crippen LogP contribution in [0.5, 0.6) is 5.75 Å². The van der Waals surface area contributed by atoms with Crippen molar-refractivity contribution in [1.82, 2.24) is 0 Å². The van der Waals surface area contributed by atoms with E-state index in [9.17, 15) is 5.11 Å². The molecule has 0 heterocycles. The van der Waals surface area contributed by atoms with Crippen LogP contribution in [-0.2, 0) is 0 Å². The highest BCUT2D eigenvalue weighted by Crippen LogP contribution is 2.26. The zero-order chi connectivity index (χ0) is 16.2. The van der Waals surface area contributed by atoms with Gasteiger partial charge in [-0.15, -0.1) is 0 Å². The van der Waals surface area contributed by atoms with Crippen molar-refractivity contribution in [2.24, 2.45) is 0 Å². The van der Waals surface area contributed by atoms with Crippen LogP contribution in [0.15, 0.2) is 24.3 Å². The quantitative estimate of drug-likeness (QED) is 0.503. The maximum absolute atomic E-state index is 9.19. The van der Waals surface area contributed by atoms with E-state index in [2.05, 4.69) is 38.1 Å². The van der Waals surface area contributed by atoms with Gasteiger partial charge in [0.2, 0.25) is 0 Å². The van der Waals surface area contributed by atoms with Gasteiger partial charge in [0.1, 0.15) is 5.75 Å². The molecule has 0 saturated carbocycles. The van der Waals surface area contributed by atoms with E-state index in [0.717, 1.165) is 31.6 Å². The maximum atomic E-state index is 9.19. The number of hydrogen-bond donors (Lipinski definition) is 1. The lowest BCUT2D eigenvalue weighted by molar-refractivity contribution is 0.180. The number of para-hydroxylation sites is 1. The summed E-state index contributed by atoms with van der Waals surface area (Å²) in [6.45, 7) is 7.11. The standard InChI is InChI=1S/C20H34O2/c1-17(2)19-14-10-11-15-20(19)22-16-12-8-6-4-5-7-9-13-18(3)21/h10-11,14-15,17-18,21H,4-9,12-13,16H2,1-3H3. The Kier molecular flexibility index (Phi) is 9.98. The lowest BCUT2D eigenvalue weighted by Gasteiger charge is -2.13. The van der Waals surface area contributed by atoms with Gasteiger partial charge in [0.25, 0.3) is 0 Å². The van der Waals surface area contributed by atoms with E-state index in [1.165, 1.54) is 37.7 Å². The third kappa shape index (κ3) is 8.43. The first-order valence-electron chi connectivity index (χ1n) is 9.01. The highest BCUT2D eigenvalue weighted by Gasteiger charge is 2.06. The van der Waals surface area contributed by atoms with Gasteiger partial charge in [-0.3, -0.25) is 0 Å². The van der Waals surface area contributed by atoms with Crippen molar-refractivity contribution < 1.29 is 9.84 Å². The van der Waals surface area contributed by atoms with E-state index in [1.807, 2.05) is 6.92 Å². The minimum Gasteiger partial charge on any atom is -0.493 e. The molecule has 0 aliphatic carbocycles. The van der Waals surface area contributed by atoms with Crippen molar-refractivity contribution in [3.8, 4) is 5.75 Å². The molecule has 1 N–H and O–H groups in total. The lowest BCUT2D eigenvalue weighted by Crippen LogP contribution is -2.01. The smallest absolute Gasteiger partial charge is 0.122 e. The third-order valence-corrected chi connectivity index (χ3v) is 4.06. The number of aliphatic hydroxyl groups excluding tert-OH is 1. The third-order valence-electron chi connectivity index (χ3n) is 4.06. The summed E-state index contributed by atoms with van der Waals surface area (Å²) in [7, 11) is 0. The Morgan fingerprint density at radius 3 is 2.09 bits per heavy atom. The molecule has 1 rings (SSSR count). The molecule has 0 radical (unpaired) electrons. The molecule has 1 aromatic carbocycles. The first-order valence-corrected chi connectivity index (χ1v) is 9.01. The van der Waals surface area contributed by atoms with Gasteiger partial charge in [0.05, 0.1) is 12.7 Å². The van der Waals surface area contributed by atoms with Gasteiger partial charge in [-0.05, 0) is 37.3 Å². The molecule has 0 fully saturated rings. The number of ether oxygens (including phenoxy) is 1. The fourth-order valence-electron chi connectivity index (χ4n) is 2.70. The molecule has 0 aromatic heterocycles. The van der Waals surface area contributed by atoms with Crippen molar-refractivity contribution in [2.45, 2.75) is 84.2 Å². The topological polar surface area (TPSA) is 29.5 Å². The molecule has 2 heteroatoms. The summed E-state index contributed by atoms with van der Waals surface area (Å²) in [5, 5.41) is 9.19. The fourth-order valence-corrected chi connectivity index (χ4v) is 2.70. The summed E-state index contributed by atoms with van der Waals surface area (Å²) in [5.41, 5.74) is 1.31. The molecule has 1 aromatic rings. The van der Waals surface area contributed by atoms with Crippen LogP contribution in [0.2, 0.25) is 0 Å². The molecule has 22 heavy (non-hydrogen) atoms. The largest absolute Gasteiger partial charge is 0.493 e. The van der Waals surface area contributed by atoms with Crippen LogP contribution in [0.4, 0.5) is 0 Å². The van der Waals surface area contributed by atoms with Crippen LogP contribution in [0.3, 0.4) is 0 Å². The summed E-state index contributed by atoms with van der Waals surface area (Å²) >= 11 is 0. The van der Waals surface area contributed by atoms with Crippen molar-refractivity contribution >= 4 is 0 Å². The van der Waals surface area contributed by atoms with Gasteiger partial charge in [0, 0.05) is 0 Å². The molecular weight excluding hydrogens is 272 g/mol. The Bertz CT molecular complexity index is 385. The summed E-state index contributed by atoms with van der Waals surface area (Å²) in [6.07, 6.45) is 9.51. The van der Waals surface area contributed by atoms with Crippen molar-refractivity contribution in [3.63, 3.8) is 0 Å². The molecular formula is C20H34O2. The number of unbranched alkanes of at least 4 members (excludes halogenated alkanes) is 6. The summed E-state index contributed by atoms with van der Waals surface area (Å²) in [5.74, 6) is 1.56. The Labute approximate surface area is 136 Å². The lowest BCUT2D eigenvalue weighted by atomic mass is 10.0. The van der Waals surface area contributed by atoms with E-state index in [0.29, 0.717) is 5.92 Å². The van der Waals surface area contributed by atoms with Gasteiger partial charge < -0.3 is 9.84 Å². The van der Waals surface area contributed by atoms with Crippen LogP contribution < -0.4 is 4.74 Å². The monoisotopic (exact) mass is 306 g/mol. The number of aliphatic hydroxyl groups is 1. The summed E-state index contributed by atoms with van der Waals surface area (Å²) in [6, 6.07) is 8.37. The summed E-state index contributed by atoms with van der Waals surface area (Å²) < 4.78 is 5.94. The molecule has 1 unspecified atom stereocenters. The van der Waals surface area contributed by atoms with Crippen LogP contribution in [0.1, 0.15) is 83.6 Å². The predicted molar refractivity (Wildman–Crippen MR) is 94.6 cm³/mol. The SMILES string of the molecule is CC(O)CCCCCCCCCOc1ccccc1C(C)C. The van der Waals surface area contributed by atoms with Crippen molar-refractivity contribution in [1.29, 1.82) is 0 Å². The van der Waals surface area contributed by atoms with Crippen LogP contribution >= 0.6 is 0 Å². The number of benzene rings is 1. The molecule has 1 atom stereocenters. The fraction of sp³-hybridized carbons (Fsp3) is 0.700. The zero-order valence-electron chi connectivity index (χ0n) is 14.7. The molecule has 0 amide bonds. The molecule has 126 valence electrons. The minimum absolute atomic E-state index is 0.133. The second-order valence-corrected chi connectivity index (χ2v) is 6.65. The highest BCUT2D eigenvalue weighted by molar-refractivity contribution is 5.35. The average molecular weight is 306 g/mol. The van der Waals surface area contributed by atoms with Crippen molar-refractivity contribution in [3.05, 3.63) is 29.8 Å². The molecule has 0 spiro atoms. The number of rotatable bonds is 12. The van der Waals surface area contributed by atoms with E-state index in [4.69, 9.17) is 4.74 Å². The molecule has 0 aliphatic rings. The molecule has 0 aliphatic heterocycles. The van der Waals surface area contributed by atoms with Gasteiger partial charge in [-0.25, -0.2) is 0 Å². The Balaban J connectivity index is 2.02. The van der Waals surface area contributed by atoms with E-state index in [-0.39, 0.29) is 6.10 Å². The van der Waals surface area contributed by atoms with Gasteiger partial charge in [0.15, 0.2) is 0 Å². The Morgan fingerprint density at radius 1 is 0.864 bits per heavy atom. The van der Waals surface area contributed by atoms with E-state index in [1.54, 1.807) is 0 Å². The van der Waals surface area contributed by atoms with E-state index >= 15 is 0 Å². The summed E-state index contributed by atoms with van der Waals surface area (Å²) in [4.78, 5) is 0. The van der Waals surface area contributed by atoms with Gasteiger partial charge in [-0.1, -0.05) is 70.6 Å². The van der Waals surface area contributed by atoms with Crippen LogP contribution in [-0.4, -0.2) is 17.8 Å². The predicted octanol–water partition coefficient (Wildman–Crippen LogP) is 5.69. The van der Waals surface area contributed by atoms with E-state index < -0.39 is 0 Å². The average Bonchev–Trinajstić information content (AvgIpc) is 2.49. The Hall–Kier alpha value is -1.02. The zero-order valence-corrected chi connectivity index (χ0v) is 14.7. The maximum Gasteiger partial charge on any atom is 0.122 e. The second-order valence-electron chi connectivity index (χ2n) is 6.65. The first-order chi connectivity index (χ1) is 10.6. The first kappa shape index (κ1) is 19.0. The van der Waals surface area contributed by atoms with Gasteiger partial charge in [-0.2, -0.15) is 0 Å². The van der Waals surface area contributed by atoms with Crippen LogP contribution in [0.25, 0.3) is 0 Å². The molecule has 2 nitrogen and oxygen atoms in total. The minimum atomic E-state index is -0.133.